The number of carbonyl (C=O) groups is 2. The van der Waals surface area contributed by atoms with Gasteiger partial charge < -0.3 is 4.74 Å². The zero-order valence-corrected chi connectivity index (χ0v) is 10.7. The Morgan fingerprint density at radius 1 is 1.68 bits per heavy atom. The largest absolute Gasteiger partial charge is 0.469 e. The fourth-order valence-corrected chi connectivity index (χ4v) is 2.00. The summed E-state index contributed by atoms with van der Waals surface area (Å²) in [6.45, 7) is 0.119. The maximum Gasteiger partial charge on any atom is 0.311 e. The lowest BCUT2D eigenvalue weighted by Crippen LogP contribution is -2.28. The third kappa shape index (κ3) is 2.48. The first-order chi connectivity index (χ1) is 9.06. The van der Waals surface area contributed by atoms with E-state index in [1.54, 1.807) is 0 Å². The summed E-state index contributed by atoms with van der Waals surface area (Å²) in [6.07, 6.45) is 1.27. The molecule has 98 valence electrons. The Morgan fingerprint density at radius 3 is 3.05 bits per heavy atom. The van der Waals surface area contributed by atoms with Crippen molar-refractivity contribution in [2.75, 3.05) is 18.6 Å². The highest BCUT2D eigenvalue weighted by Gasteiger charge is 2.37. The SMILES string of the molecule is COC(=O)C1CC(=O)N(c2nc(Cl)ncc2C#N)C1. The molecule has 0 aromatic carbocycles. The van der Waals surface area contributed by atoms with Crippen molar-refractivity contribution in [1.82, 2.24) is 9.97 Å². The van der Waals surface area contributed by atoms with Crippen LogP contribution in [0.5, 0.6) is 0 Å². The molecular weight excluding hydrogens is 272 g/mol. The molecule has 2 rings (SSSR count). The molecule has 1 atom stereocenters. The van der Waals surface area contributed by atoms with Crippen LogP contribution >= 0.6 is 11.6 Å². The topological polar surface area (TPSA) is 96.2 Å². The van der Waals surface area contributed by atoms with E-state index < -0.39 is 11.9 Å². The van der Waals surface area contributed by atoms with Gasteiger partial charge in [0.1, 0.15) is 11.6 Å². The van der Waals surface area contributed by atoms with Crippen LogP contribution in [0.2, 0.25) is 5.28 Å². The van der Waals surface area contributed by atoms with Crippen LogP contribution in [0.4, 0.5) is 5.82 Å². The Hall–Kier alpha value is -2.20. The quantitative estimate of drug-likeness (QED) is 0.579. The lowest BCUT2D eigenvalue weighted by molar-refractivity contribution is -0.145. The van der Waals surface area contributed by atoms with Crippen LogP contribution in [0.15, 0.2) is 6.20 Å². The molecule has 1 unspecified atom stereocenters. The average molecular weight is 281 g/mol. The van der Waals surface area contributed by atoms with Crippen LogP contribution in [0.3, 0.4) is 0 Å². The Labute approximate surface area is 113 Å². The maximum absolute atomic E-state index is 11.9. The summed E-state index contributed by atoms with van der Waals surface area (Å²) in [4.78, 5) is 32.1. The molecule has 1 amide bonds. The molecule has 8 heteroatoms. The second-order valence-electron chi connectivity index (χ2n) is 3.92. The van der Waals surface area contributed by atoms with Crippen LogP contribution in [-0.4, -0.2) is 35.5 Å². The summed E-state index contributed by atoms with van der Waals surface area (Å²) >= 11 is 5.66. The highest BCUT2D eigenvalue weighted by atomic mass is 35.5. The summed E-state index contributed by atoms with van der Waals surface area (Å²) in [5.74, 6) is -1.20. The predicted octanol–water partition coefficient (Wildman–Crippen LogP) is 0.528. The van der Waals surface area contributed by atoms with Crippen molar-refractivity contribution in [2.45, 2.75) is 6.42 Å². The van der Waals surface area contributed by atoms with Gasteiger partial charge in [0.25, 0.3) is 0 Å². The molecule has 1 aliphatic rings. The van der Waals surface area contributed by atoms with Gasteiger partial charge in [-0.1, -0.05) is 0 Å². The Kier molecular flexibility index (Phi) is 3.62. The number of methoxy groups -OCH3 is 1. The van der Waals surface area contributed by atoms with Crippen LogP contribution in [-0.2, 0) is 14.3 Å². The van der Waals surface area contributed by atoms with Crippen molar-refractivity contribution in [2.24, 2.45) is 5.92 Å². The third-order valence-electron chi connectivity index (χ3n) is 2.77. The summed E-state index contributed by atoms with van der Waals surface area (Å²) < 4.78 is 4.61. The minimum atomic E-state index is -0.558. The third-order valence-corrected chi connectivity index (χ3v) is 2.96. The zero-order chi connectivity index (χ0) is 14.0. The Morgan fingerprint density at radius 2 is 2.42 bits per heavy atom. The van der Waals surface area contributed by atoms with Crippen molar-refractivity contribution >= 4 is 29.3 Å². The van der Waals surface area contributed by atoms with Crippen molar-refractivity contribution in [1.29, 1.82) is 5.26 Å². The average Bonchev–Trinajstić information content (AvgIpc) is 2.79. The van der Waals surface area contributed by atoms with Crippen LogP contribution in [0, 0.1) is 17.2 Å². The number of nitriles is 1. The second-order valence-corrected chi connectivity index (χ2v) is 4.25. The van der Waals surface area contributed by atoms with E-state index in [0.717, 1.165) is 0 Å². The summed E-state index contributed by atoms with van der Waals surface area (Å²) in [7, 11) is 1.26. The molecule has 0 aliphatic carbocycles. The number of esters is 1. The van der Waals surface area contributed by atoms with Crippen molar-refractivity contribution < 1.29 is 14.3 Å². The summed E-state index contributed by atoms with van der Waals surface area (Å²) in [5, 5.41) is 8.91. The van der Waals surface area contributed by atoms with E-state index in [0.29, 0.717) is 0 Å². The van der Waals surface area contributed by atoms with Gasteiger partial charge in [-0.25, -0.2) is 4.98 Å². The van der Waals surface area contributed by atoms with E-state index in [1.165, 1.54) is 18.2 Å². The minimum absolute atomic E-state index is 0.0269. The molecule has 0 radical (unpaired) electrons. The second kappa shape index (κ2) is 5.20. The van der Waals surface area contributed by atoms with Gasteiger partial charge in [-0.15, -0.1) is 0 Å². The number of amides is 1. The fraction of sp³-hybridized carbons (Fsp3) is 0.364. The van der Waals surface area contributed by atoms with Crippen molar-refractivity contribution in [3.8, 4) is 6.07 Å². The number of carbonyl (C=O) groups excluding carboxylic acids is 2. The van der Waals surface area contributed by atoms with Gasteiger partial charge in [0, 0.05) is 13.0 Å². The molecule has 1 aliphatic heterocycles. The van der Waals surface area contributed by atoms with E-state index in [9.17, 15) is 9.59 Å². The van der Waals surface area contributed by atoms with E-state index in [1.807, 2.05) is 6.07 Å². The monoisotopic (exact) mass is 280 g/mol. The van der Waals surface area contributed by atoms with E-state index >= 15 is 0 Å². The first-order valence-corrected chi connectivity index (χ1v) is 5.75. The first-order valence-electron chi connectivity index (χ1n) is 5.37. The number of nitrogens with zero attached hydrogens (tertiary/aromatic N) is 4. The van der Waals surface area contributed by atoms with Crippen molar-refractivity contribution in [3.05, 3.63) is 17.0 Å². The number of rotatable bonds is 2. The molecule has 0 saturated carbocycles. The minimum Gasteiger partial charge on any atom is -0.469 e. The maximum atomic E-state index is 11.9. The normalized spacial score (nSPS) is 18.3. The zero-order valence-electron chi connectivity index (χ0n) is 9.96. The molecule has 19 heavy (non-hydrogen) atoms. The van der Waals surface area contributed by atoms with Gasteiger partial charge in [-0.05, 0) is 11.6 Å². The predicted molar refractivity (Wildman–Crippen MR) is 64.2 cm³/mol. The number of halogens is 1. The van der Waals surface area contributed by atoms with Crippen LogP contribution < -0.4 is 4.90 Å². The molecular formula is C11H9ClN4O3. The highest BCUT2D eigenvalue weighted by molar-refractivity contribution is 6.28. The fourth-order valence-electron chi connectivity index (χ4n) is 1.87. The standard InChI is InChI=1S/C11H9ClN4O3/c1-19-10(18)6-2-8(17)16(5-6)9-7(3-13)4-14-11(12)15-9/h4,6H,2,5H2,1H3. The number of aromatic nitrogens is 2. The molecule has 1 saturated heterocycles. The van der Waals surface area contributed by atoms with E-state index in [4.69, 9.17) is 16.9 Å². The van der Waals surface area contributed by atoms with Crippen molar-refractivity contribution in [3.63, 3.8) is 0 Å². The molecule has 1 fully saturated rings. The van der Waals surface area contributed by atoms with E-state index in [2.05, 4.69) is 14.7 Å². The van der Waals surface area contributed by atoms with Crippen LogP contribution in [0.25, 0.3) is 0 Å². The molecule has 1 aromatic heterocycles. The first kappa shape index (κ1) is 13.2. The number of hydrogen-bond acceptors (Lipinski definition) is 6. The number of ether oxygens (including phenoxy) is 1. The highest BCUT2D eigenvalue weighted by Crippen LogP contribution is 2.27. The Balaban J connectivity index is 2.33. The molecule has 1 aromatic rings. The summed E-state index contributed by atoms with van der Waals surface area (Å²) in [5.41, 5.74) is 0.128. The molecule has 2 heterocycles. The van der Waals surface area contributed by atoms with E-state index in [-0.39, 0.29) is 35.5 Å². The van der Waals surface area contributed by atoms with Gasteiger partial charge in [0.15, 0.2) is 5.82 Å². The molecule has 0 spiro atoms. The smallest absolute Gasteiger partial charge is 0.311 e. The number of anilines is 1. The lowest BCUT2D eigenvalue weighted by atomic mass is 10.1. The van der Waals surface area contributed by atoms with Crippen LogP contribution in [0.1, 0.15) is 12.0 Å². The summed E-state index contributed by atoms with van der Waals surface area (Å²) in [6, 6.07) is 1.88. The molecule has 0 N–H and O–H groups in total. The lowest BCUT2D eigenvalue weighted by Gasteiger charge is -2.16. The molecule has 0 bridgehead atoms. The van der Waals surface area contributed by atoms with Gasteiger partial charge >= 0.3 is 5.97 Å². The molecule has 7 nitrogen and oxygen atoms in total. The number of hydrogen-bond donors (Lipinski definition) is 0. The van der Waals surface area contributed by atoms with Gasteiger partial charge in [0.05, 0.1) is 19.2 Å². The van der Waals surface area contributed by atoms with Gasteiger partial charge in [-0.3, -0.25) is 14.5 Å². The van der Waals surface area contributed by atoms with Gasteiger partial charge in [0.2, 0.25) is 11.2 Å². The van der Waals surface area contributed by atoms with Gasteiger partial charge in [-0.2, -0.15) is 10.2 Å². The Bertz CT molecular complexity index is 584.